The van der Waals surface area contributed by atoms with Crippen LogP contribution in [-0.4, -0.2) is 36.9 Å². The van der Waals surface area contributed by atoms with Crippen molar-refractivity contribution in [3.05, 3.63) is 47.5 Å². The van der Waals surface area contributed by atoms with E-state index >= 15 is 0 Å². The molecule has 0 spiro atoms. The number of pyridine rings is 1. The van der Waals surface area contributed by atoms with Crippen molar-refractivity contribution in [3.8, 4) is 11.1 Å². The maximum Gasteiger partial charge on any atom is 0.158 e. The number of nitrogens with zero attached hydrogens (tertiary/aromatic N) is 4. The van der Waals surface area contributed by atoms with Crippen LogP contribution in [-0.2, 0) is 0 Å². The summed E-state index contributed by atoms with van der Waals surface area (Å²) >= 11 is 0. The minimum Gasteiger partial charge on any atom is -0.312 e. The van der Waals surface area contributed by atoms with Crippen LogP contribution in [0.15, 0.2) is 30.7 Å². The summed E-state index contributed by atoms with van der Waals surface area (Å²) in [5, 5.41) is 17.4. The highest BCUT2D eigenvalue weighted by atomic mass is 15.3. The van der Waals surface area contributed by atoms with E-state index < -0.39 is 0 Å². The third-order valence-electron chi connectivity index (χ3n) is 6.49. The number of benzene rings is 1. The summed E-state index contributed by atoms with van der Waals surface area (Å²) in [5.41, 5.74) is 8.02. The Labute approximate surface area is 177 Å². The van der Waals surface area contributed by atoms with E-state index in [1.165, 1.54) is 47.9 Å². The van der Waals surface area contributed by atoms with Crippen LogP contribution in [0.5, 0.6) is 0 Å². The van der Waals surface area contributed by atoms with Crippen molar-refractivity contribution in [2.45, 2.75) is 71.4 Å². The van der Waals surface area contributed by atoms with Crippen molar-refractivity contribution >= 4 is 16.6 Å². The molecule has 1 aliphatic carbocycles. The highest BCUT2D eigenvalue weighted by molar-refractivity contribution is 5.88. The summed E-state index contributed by atoms with van der Waals surface area (Å²) in [6, 6.07) is 7.94. The molecule has 1 fully saturated rings. The lowest BCUT2D eigenvalue weighted by atomic mass is 9.82. The Balaban J connectivity index is 1.46. The fraction of sp³-hybridized carbons (Fsp3) is 0.458. The summed E-state index contributed by atoms with van der Waals surface area (Å²) in [4.78, 5) is 4.33. The number of H-pyrrole nitrogens is 1. The van der Waals surface area contributed by atoms with E-state index in [0.717, 1.165) is 22.3 Å². The SMILES string of the molecule is Cc1cc2c(C3CCC(NC(C)C)CC3)n[nH]c2cc1-c1cc(C)c2ncnn2c1. The third-order valence-corrected chi connectivity index (χ3v) is 6.49. The van der Waals surface area contributed by atoms with Gasteiger partial charge in [-0.05, 0) is 74.4 Å². The largest absolute Gasteiger partial charge is 0.312 e. The van der Waals surface area contributed by atoms with Crippen LogP contribution in [0.3, 0.4) is 0 Å². The van der Waals surface area contributed by atoms with Gasteiger partial charge in [0.15, 0.2) is 5.65 Å². The molecular weight excluding hydrogens is 372 g/mol. The highest BCUT2D eigenvalue weighted by Crippen LogP contribution is 2.37. The van der Waals surface area contributed by atoms with E-state index in [0.29, 0.717) is 18.0 Å². The van der Waals surface area contributed by atoms with Crippen LogP contribution in [0.25, 0.3) is 27.7 Å². The molecule has 2 N–H and O–H groups in total. The molecule has 156 valence electrons. The Bertz CT molecular complexity index is 1190. The number of nitrogens with one attached hydrogen (secondary N) is 2. The predicted molar refractivity (Wildman–Crippen MR) is 121 cm³/mol. The van der Waals surface area contributed by atoms with Crippen LogP contribution in [0.4, 0.5) is 0 Å². The molecule has 6 heteroatoms. The van der Waals surface area contributed by atoms with E-state index in [1.807, 2.05) is 4.52 Å². The summed E-state index contributed by atoms with van der Waals surface area (Å²) in [7, 11) is 0. The van der Waals surface area contributed by atoms with Gasteiger partial charge in [-0.3, -0.25) is 5.10 Å². The third kappa shape index (κ3) is 3.39. The number of aryl methyl sites for hydroxylation is 2. The Morgan fingerprint density at radius 3 is 2.63 bits per heavy atom. The number of aromatic amines is 1. The maximum absolute atomic E-state index is 4.77. The molecule has 5 rings (SSSR count). The van der Waals surface area contributed by atoms with Gasteiger partial charge in [0.05, 0.1) is 11.2 Å². The molecule has 0 aliphatic heterocycles. The average Bonchev–Trinajstić information content (AvgIpc) is 3.34. The lowest BCUT2D eigenvalue weighted by molar-refractivity contribution is 0.324. The van der Waals surface area contributed by atoms with Crippen molar-refractivity contribution in [1.82, 2.24) is 30.1 Å². The fourth-order valence-corrected chi connectivity index (χ4v) is 5.06. The quantitative estimate of drug-likeness (QED) is 0.509. The molecule has 0 atom stereocenters. The molecule has 6 nitrogen and oxygen atoms in total. The first-order chi connectivity index (χ1) is 14.5. The van der Waals surface area contributed by atoms with Gasteiger partial charge < -0.3 is 5.32 Å². The van der Waals surface area contributed by atoms with Crippen LogP contribution in [0.1, 0.15) is 62.3 Å². The number of rotatable bonds is 4. The van der Waals surface area contributed by atoms with E-state index in [1.54, 1.807) is 6.33 Å². The van der Waals surface area contributed by atoms with Crippen LogP contribution >= 0.6 is 0 Å². The van der Waals surface area contributed by atoms with E-state index in [2.05, 4.69) is 72.6 Å². The molecule has 1 aromatic carbocycles. The second-order valence-electron chi connectivity index (χ2n) is 9.13. The van der Waals surface area contributed by atoms with Crippen molar-refractivity contribution in [2.75, 3.05) is 0 Å². The van der Waals surface area contributed by atoms with E-state index in [9.17, 15) is 0 Å². The van der Waals surface area contributed by atoms with Gasteiger partial charge in [0.2, 0.25) is 0 Å². The van der Waals surface area contributed by atoms with Gasteiger partial charge in [0.25, 0.3) is 0 Å². The summed E-state index contributed by atoms with van der Waals surface area (Å²) < 4.78 is 1.86. The van der Waals surface area contributed by atoms with Crippen molar-refractivity contribution in [3.63, 3.8) is 0 Å². The molecule has 0 saturated heterocycles. The van der Waals surface area contributed by atoms with Gasteiger partial charge in [-0.25, -0.2) is 9.50 Å². The predicted octanol–water partition coefficient (Wildman–Crippen LogP) is 4.91. The van der Waals surface area contributed by atoms with Gasteiger partial charge >= 0.3 is 0 Å². The standard InChI is InChI=1S/C24H30N6/c1-14(2)27-19-7-5-17(6-8-19)23-21-10-15(3)20(11-22(21)28-29-23)18-9-16(4)24-25-13-26-30(24)12-18/h9-14,17,19,27H,5-8H2,1-4H3,(H,28,29). The zero-order valence-corrected chi connectivity index (χ0v) is 18.2. The second-order valence-corrected chi connectivity index (χ2v) is 9.13. The maximum atomic E-state index is 4.77. The fourth-order valence-electron chi connectivity index (χ4n) is 5.06. The van der Waals surface area contributed by atoms with Gasteiger partial charge in [0, 0.05) is 35.1 Å². The summed E-state index contributed by atoms with van der Waals surface area (Å²) in [6.07, 6.45) is 8.52. The second kappa shape index (κ2) is 7.51. The smallest absolute Gasteiger partial charge is 0.158 e. The van der Waals surface area contributed by atoms with Gasteiger partial charge in [0.1, 0.15) is 6.33 Å². The molecule has 30 heavy (non-hydrogen) atoms. The monoisotopic (exact) mass is 402 g/mol. The molecule has 0 unspecified atom stereocenters. The highest BCUT2D eigenvalue weighted by Gasteiger charge is 2.26. The molecule has 0 bridgehead atoms. The average molecular weight is 403 g/mol. The van der Waals surface area contributed by atoms with Crippen molar-refractivity contribution < 1.29 is 0 Å². The number of aromatic nitrogens is 5. The molecule has 0 amide bonds. The normalized spacial score (nSPS) is 19.9. The Morgan fingerprint density at radius 2 is 1.87 bits per heavy atom. The number of hydrogen-bond donors (Lipinski definition) is 2. The van der Waals surface area contributed by atoms with Gasteiger partial charge in [-0.1, -0.05) is 13.8 Å². The van der Waals surface area contributed by atoms with Crippen LogP contribution in [0.2, 0.25) is 0 Å². The molecule has 3 aromatic heterocycles. The molecule has 1 saturated carbocycles. The minimum atomic E-state index is 0.544. The van der Waals surface area contributed by atoms with Crippen molar-refractivity contribution in [1.29, 1.82) is 0 Å². The first-order valence-corrected chi connectivity index (χ1v) is 11.0. The van der Waals surface area contributed by atoms with Gasteiger partial charge in [-0.2, -0.15) is 10.2 Å². The lowest BCUT2D eigenvalue weighted by Gasteiger charge is -2.29. The van der Waals surface area contributed by atoms with E-state index in [-0.39, 0.29) is 0 Å². The molecule has 3 heterocycles. The molecular formula is C24H30N6. The molecule has 0 radical (unpaired) electrons. The Morgan fingerprint density at radius 1 is 1.07 bits per heavy atom. The summed E-state index contributed by atoms with van der Waals surface area (Å²) in [5.74, 6) is 0.544. The first kappa shape index (κ1) is 19.2. The van der Waals surface area contributed by atoms with Crippen molar-refractivity contribution in [2.24, 2.45) is 0 Å². The minimum absolute atomic E-state index is 0.544. The lowest BCUT2D eigenvalue weighted by Crippen LogP contribution is -2.37. The summed E-state index contributed by atoms with van der Waals surface area (Å²) in [6.45, 7) is 8.74. The topological polar surface area (TPSA) is 70.9 Å². The zero-order valence-electron chi connectivity index (χ0n) is 18.2. The van der Waals surface area contributed by atoms with E-state index in [4.69, 9.17) is 5.10 Å². The number of fused-ring (bicyclic) bond motifs is 2. The Kier molecular flexibility index (Phi) is 4.82. The molecule has 1 aliphatic rings. The first-order valence-electron chi connectivity index (χ1n) is 11.0. The van der Waals surface area contributed by atoms with Gasteiger partial charge in [-0.15, -0.1) is 0 Å². The number of hydrogen-bond acceptors (Lipinski definition) is 4. The Hall–Kier alpha value is -2.73. The zero-order chi connectivity index (χ0) is 20.8. The molecule has 4 aromatic rings. The van der Waals surface area contributed by atoms with Crippen LogP contribution < -0.4 is 5.32 Å². The van der Waals surface area contributed by atoms with Crippen LogP contribution in [0, 0.1) is 13.8 Å².